The Kier molecular flexibility index (Phi) is 8.18. The molecule has 0 aliphatic rings. The second kappa shape index (κ2) is 11.0. The Morgan fingerprint density at radius 1 is 0.800 bits per heavy atom. The summed E-state index contributed by atoms with van der Waals surface area (Å²) in [5, 5.41) is 18.6. The molecular formula is C20H23N2O3-. The van der Waals surface area contributed by atoms with Crippen LogP contribution in [0.1, 0.15) is 38.5 Å². The van der Waals surface area contributed by atoms with Gasteiger partial charge in [0.25, 0.3) is 0 Å². The minimum Gasteiger partial charge on any atom is -0.550 e. The molecule has 2 aromatic carbocycles. The van der Waals surface area contributed by atoms with Gasteiger partial charge in [-0.3, -0.25) is 0 Å². The second-order valence-electron chi connectivity index (χ2n) is 5.77. The molecule has 25 heavy (non-hydrogen) atoms. The van der Waals surface area contributed by atoms with Gasteiger partial charge in [-0.15, -0.1) is 0 Å². The van der Waals surface area contributed by atoms with E-state index in [1.807, 2.05) is 54.6 Å². The third kappa shape index (κ3) is 8.11. The fraction of sp³-hybridized carbons (Fsp3) is 0.350. The van der Waals surface area contributed by atoms with E-state index in [1.165, 1.54) is 0 Å². The first-order valence-corrected chi connectivity index (χ1v) is 8.63. The predicted octanol–water partition coefficient (Wildman–Crippen LogP) is 4.57. The second-order valence-corrected chi connectivity index (χ2v) is 5.77. The van der Waals surface area contributed by atoms with Crippen molar-refractivity contribution in [1.29, 1.82) is 0 Å². The third-order valence-corrected chi connectivity index (χ3v) is 3.67. The molecule has 0 atom stereocenters. The number of carboxylic acid groups (broad SMARTS) is 1. The van der Waals surface area contributed by atoms with Crippen LogP contribution in [0, 0.1) is 0 Å². The lowest BCUT2D eigenvalue weighted by atomic mass is 10.1. The van der Waals surface area contributed by atoms with E-state index in [0.717, 1.165) is 42.8 Å². The summed E-state index contributed by atoms with van der Waals surface area (Å²) >= 11 is 0. The summed E-state index contributed by atoms with van der Waals surface area (Å²) in [7, 11) is 0. The highest BCUT2D eigenvalue weighted by atomic mass is 16.5. The van der Waals surface area contributed by atoms with E-state index >= 15 is 0 Å². The molecule has 0 heterocycles. The highest BCUT2D eigenvalue weighted by Crippen LogP contribution is 2.21. The van der Waals surface area contributed by atoms with Gasteiger partial charge in [0.05, 0.1) is 18.0 Å². The van der Waals surface area contributed by atoms with E-state index in [-0.39, 0.29) is 6.42 Å². The van der Waals surface area contributed by atoms with Crippen LogP contribution in [0.5, 0.6) is 5.75 Å². The van der Waals surface area contributed by atoms with E-state index in [9.17, 15) is 9.90 Å². The Morgan fingerprint density at radius 3 is 2.08 bits per heavy atom. The van der Waals surface area contributed by atoms with Gasteiger partial charge in [0.15, 0.2) is 0 Å². The molecule has 5 heteroatoms. The van der Waals surface area contributed by atoms with Crippen LogP contribution < -0.4 is 9.84 Å². The van der Waals surface area contributed by atoms with Gasteiger partial charge in [0.1, 0.15) is 5.75 Å². The van der Waals surface area contributed by atoms with Gasteiger partial charge < -0.3 is 14.6 Å². The Labute approximate surface area is 148 Å². The van der Waals surface area contributed by atoms with Gasteiger partial charge in [-0.1, -0.05) is 37.5 Å². The van der Waals surface area contributed by atoms with Crippen LogP contribution in [-0.4, -0.2) is 12.6 Å². The van der Waals surface area contributed by atoms with E-state index < -0.39 is 5.97 Å². The zero-order valence-corrected chi connectivity index (χ0v) is 14.3. The number of azo groups is 1. The average molecular weight is 339 g/mol. The first kappa shape index (κ1) is 18.6. The SMILES string of the molecule is O=C([O-])CCCCCCCOc1ccc(N=Nc2ccccc2)cc1. The van der Waals surface area contributed by atoms with Crippen molar-refractivity contribution in [2.24, 2.45) is 10.2 Å². The zero-order valence-electron chi connectivity index (χ0n) is 14.3. The number of carboxylic acids is 1. The molecule has 0 spiro atoms. The number of aliphatic carboxylic acids is 1. The molecule has 2 rings (SSSR count). The minimum absolute atomic E-state index is 0.157. The molecule has 0 N–H and O–H groups in total. The Bertz CT molecular complexity index is 654. The number of carbonyl (C=O) groups excluding carboxylic acids is 1. The summed E-state index contributed by atoms with van der Waals surface area (Å²) in [6.45, 7) is 0.658. The van der Waals surface area contributed by atoms with E-state index in [4.69, 9.17) is 4.74 Å². The van der Waals surface area contributed by atoms with Crippen molar-refractivity contribution in [1.82, 2.24) is 0 Å². The zero-order chi connectivity index (χ0) is 17.7. The molecule has 0 fully saturated rings. The molecule has 2 aromatic rings. The van der Waals surface area contributed by atoms with Crippen molar-refractivity contribution in [2.75, 3.05) is 6.61 Å². The molecule has 0 aliphatic heterocycles. The fourth-order valence-electron chi connectivity index (χ4n) is 2.31. The van der Waals surface area contributed by atoms with Crippen molar-refractivity contribution in [3.8, 4) is 5.75 Å². The van der Waals surface area contributed by atoms with Crippen LogP contribution in [0.25, 0.3) is 0 Å². The Morgan fingerprint density at radius 2 is 1.40 bits per heavy atom. The molecule has 0 amide bonds. The summed E-state index contributed by atoms with van der Waals surface area (Å²) in [5.41, 5.74) is 1.60. The summed E-state index contributed by atoms with van der Waals surface area (Å²) in [4.78, 5) is 10.3. The molecule has 5 nitrogen and oxygen atoms in total. The van der Waals surface area contributed by atoms with Gasteiger partial charge in [-0.2, -0.15) is 10.2 Å². The Balaban J connectivity index is 1.62. The van der Waals surface area contributed by atoms with Crippen LogP contribution in [0.4, 0.5) is 11.4 Å². The van der Waals surface area contributed by atoms with Crippen molar-refractivity contribution in [2.45, 2.75) is 38.5 Å². The maximum absolute atomic E-state index is 10.3. The molecule has 0 bridgehead atoms. The Hall–Kier alpha value is -2.69. The lowest BCUT2D eigenvalue weighted by molar-refractivity contribution is -0.305. The van der Waals surface area contributed by atoms with Crippen molar-refractivity contribution in [3.63, 3.8) is 0 Å². The number of benzene rings is 2. The minimum atomic E-state index is -0.963. The van der Waals surface area contributed by atoms with Crippen LogP contribution in [-0.2, 0) is 4.79 Å². The van der Waals surface area contributed by atoms with Gasteiger partial charge in [-0.25, -0.2) is 0 Å². The first-order valence-electron chi connectivity index (χ1n) is 8.63. The van der Waals surface area contributed by atoms with Gasteiger partial charge in [0.2, 0.25) is 0 Å². The number of nitrogens with zero attached hydrogens (tertiary/aromatic N) is 2. The lowest BCUT2D eigenvalue weighted by Crippen LogP contribution is -2.21. The van der Waals surface area contributed by atoms with Gasteiger partial charge in [0, 0.05) is 5.97 Å². The summed E-state index contributed by atoms with van der Waals surface area (Å²) < 4.78 is 5.69. The normalized spacial score (nSPS) is 10.9. The molecule has 132 valence electrons. The van der Waals surface area contributed by atoms with Gasteiger partial charge in [-0.05, 0) is 55.7 Å². The molecular weight excluding hydrogens is 316 g/mol. The first-order chi connectivity index (χ1) is 12.2. The highest BCUT2D eigenvalue weighted by Gasteiger charge is 1.96. The van der Waals surface area contributed by atoms with Crippen LogP contribution >= 0.6 is 0 Å². The van der Waals surface area contributed by atoms with Crippen molar-refractivity contribution >= 4 is 17.3 Å². The standard InChI is InChI=1S/C20H24N2O3/c23-20(24)11-7-2-1-3-8-16-25-19-14-12-18(13-15-19)22-21-17-9-5-4-6-10-17/h4-6,9-10,12-15H,1-3,7-8,11,16H2,(H,23,24)/p-1. The number of hydrogen-bond acceptors (Lipinski definition) is 5. The number of ether oxygens (including phenoxy) is 1. The summed E-state index contributed by atoms with van der Waals surface area (Å²) in [6.07, 6.45) is 4.80. The monoisotopic (exact) mass is 339 g/mol. The fourth-order valence-corrected chi connectivity index (χ4v) is 2.31. The average Bonchev–Trinajstić information content (AvgIpc) is 2.64. The largest absolute Gasteiger partial charge is 0.550 e. The summed E-state index contributed by atoms with van der Waals surface area (Å²) in [6, 6.07) is 17.1. The van der Waals surface area contributed by atoms with Crippen LogP contribution in [0.15, 0.2) is 64.8 Å². The molecule has 0 saturated carbocycles. The van der Waals surface area contributed by atoms with Crippen molar-refractivity contribution in [3.05, 3.63) is 54.6 Å². The van der Waals surface area contributed by atoms with Gasteiger partial charge >= 0.3 is 0 Å². The molecule has 0 unspecified atom stereocenters. The number of rotatable bonds is 11. The van der Waals surface area contributed by atoms with Crippen LogP contribution in [0.3, 0.4) is 0 Å². The summed E-state index contributed by atoms with van der Waals surface area (Å²) in [5.74, 6) is -0.148. The molecule has 0 aromatic heterocycles. The maximum atomic E-state index is 10.3. The van der Waals surface area contributed by atoms with E-state index in [0.29, 0.717) is 13.0 Å². The van der Waals surface area contributed by atoms with Crippen LogP contribution in [0.2, 0.25) is 0 Å². The molecule has 0 saturated heterocycles. The van der Waals surface area contributed by atoms with Crippen molar-refractivity contribution < 1.29 is 14.6 Å². The molecule has 0 aliphatic carbocycles. The molecule has 0 radical (unpaired) electrons. The lowest BCUT2D eigenvalue weighted by Gasteiger charge is -2.06. The smallest absolute Gasteiger partial charge is 0.119 e. The predicted molar refractivity (Wildman–Crippen MR) is 95.3 cm³/mol. The number of carbonyl (C=O) groups is 1. The van der Waals surface area contributed by atoms with E-state index in [1.54, 1.807) is 0 Å². The number of hydrogen-bond donors (Lipinski definition) is 0. The third-order valence-electron chi connectivity index (χ3n) is 3.67. The highest BCUT2D eigenvalue weighted by molar-refractivity contribution is 5.64. The van der Waals surface area contributed by atoms with E-state index in [2.05, 4.69) is 10.2 Å². The maximum Gasteiger partial charge on any atom is 0.119 e. The quantitative estimate of drug-likeness (QED) is 0.444. The number of unbranched alkanes of at least 4 members (excludes halogenated alkanes) is 4. The topological polar surface area (TPSA) is 74.1 Å².